The zero-order chi connectivity index (χ0) is 15.1. The van der Waals surface area contributed by atoms with Crippen LogP contribution in [0.4, 0.5) is 5.69 Å². The van der Waals surface area contributed by atoms with Crippen molar-refractivity contribution in [3.05, 3.63) is 29.8 Å². The molecule has 1 fully saturated rings. The van der Waals surface area contributed by atoms with Crippen LogP contribution in [0.25, 0.3) is 0 Å². The number of halogens is 1. The first-order valence-corrected chi connectivity index (χ1v) is 8.00. The number of nitrogens with zero attached hydrogens (tertiary/aromatic N) is 2. The summed E-state index contributed by atoms with van der Waals surface area (Å²) in [5.41, 5.74) is 2.46. The Morgan fingerprint density at radius 1 is 1.27 bits per heavy atom. The molecule has 0 saturated heterocycles. The summed E-state index contributed by atoms with van der Waals surface area (Å²) in [6.45, 7) is 3.72. The van der Waals surface area contributed by atoms with Gasteiger partial charge in [0.2, 0.25) is 0 Å². The molecule has 1 aliphatic rings. The number of benzene rings is 1. The molecule has 0 amide bonds. The fourth-order valence-electron chi connectivity index (χ4n) is 2.69. The molecule has 124 valence electrons. The molecule has 0 bridgehead atoms. The molecule has 0 aromatic heterocycles. The van der Waals surface area contributed by atoms with E-state index in [1.54, 1.807) is 0 Å². The third-order valence-corrected chi connectivity index (χ3v) is 3.89. The lowest BCUT2D eigenvalue weighted by atomic mass is 10.2. The highest BCUT2D eigenvalue weighted by Crippen LogP contribution is 2.17. The van der Waals surface area contributed by atoms with E-state index in [2.05, 4.69) is 60.8 Å². The van der Waals surface area contributed by atoms with Crippen molar-refractivity contribution in [2.75, 3.05) is 25.5 Å². The second-order valence-electron chi connectivity index (χ2n) is 5.89. The van der Waals surface area contributed by atoms with Gasteiger partial charge in [0.25, 0.3) is 0 Å². The number of rotatable bonds is 5. The molecule has 0 aliphatic heterocycles. The van der Waals surface area contributed by atoms with Gasteiger partial charge in [0.05, 0.1) is 6.54 Å². The van der Waals surface area contributed by atoms with Gasteiger partial charge in [-0.3, -0.25) is 0 Å². The summed E-state index contributed by atoms with van der Waals surface area (Å²) in [5, 5.41) is 6.90. The van der Waals surface area contributed by atoms with Gasteiger partial charge < -0.3 is 15.5 Å². The maximum Gasteiger partial charge on any atom is 0.191 e. The van der Waals surface area contributed by atoms with E-state index in [4.69, 9.17) is 4.99 Å². The number of anilines is 1. The minimum absolute atomic E-state index is 0. The van der Waals surface area contributed by atoms with E-state index < -0.39 is 0 Å². The van der Waals surface area contributed by atoms with Crippen molar-refractivity contribution in [1.82, 2.24) is 10.6 Å². The Balaban J connectivity index is 0.00000242. The number of nitrogens with one attached hydrogen (secondary N) is 2. The van der Waals surface area contributed by atoms with Gasteiger partial charge in [-0.2, -0.15) is 0 Å². The van der Waals surface area contributed by atoms with Crippen LogP contribution in [0.2, 0.25) is 0 Å². The topological polar surface area (TPSA) is 39.7 Å². The molecule has 1 aromatic carbocycles. The molecule has 4 nitrogen and oxygen atoms in total. The van der Waals surface area contributed by atoms with Gasteiger partial charge in [-0.15, -0.1) is 24.0 Å². The van der Waals surface area contributed by atoms with Crippen molar-refractivity contribution in [2.45, 2.75) is 45.2 Å². The SMILES string of the molecule is CCNC(=NCc1cccc(N(C)C)c1)NC1CCCC1.I. The lowest BCUT2D eigenvalue weighted by Crippen LogP contribution is -2.42. The first kappa shape index (κ1) is 19.1. The van der Waals surface area contributed by atoms with Crippen LogP contribution in [-0.2, 0) is 6.54 Å². The van der Waals surface area contributed by atoms with E-state index >= 15 is 0 Å². The molecule has 1 aromatic rings. The average molecular weight is 416 g/mol. The summed E-state index contributed by atoms with van der Waals surface area (Å²) in [6, 6.07) is 9.14. The zero-order valence-corrected chi connectivity index (χ0v) is 16.3. The van der Waals surface area contributed by atoms with Crippen LogP contribution in [0.1, 0.15) is 38.2 Å². The van der Waals surface area contributed by atoms with Crippen LogP contribution in [0.3, 0.4) is 0 Å². The molecule has 0 radical (unpaired) electrons. The van der Waals surface area contributed by atoms with E-state index in [0.29, 0.717) is 12.6 Å². The van der Waals surface area contributed by atoms with Crippen LogP contribution >= 0.6 is 24.0 Å². The number of aliphatic imine (C=N–C) groups is 1. The van der Waals surface area contributed by atoms with Crippen molar-refractivity contribution in [3.8, 4) is 0 Å². The molecule has 0 heterocycles. The number of guanidine groups is 1. The van der Waals surface area contributed by atoms with Crippen molar-refractivity contribution in [1.29, 1.82) is 0 Å². The van der Waals surface area contributed by atoms with Gasteiger partial charge in [-0.1, -0.05) is 25.0 Å². The van der Waals surface area contributed by atoms with E-state index in [0.717, 1.165) is 12.5 Å². The summed E-state index contributed by atoms with van der Waals surface area (Å²) < 4.78 is 0. The smallest absolute Gasteiger partial charge is 0.191 e. The Bertz CT molecular complexity index is 467. The highest BCUT2D eigenvalue weighted by molar-refractivity contribution is 14.0. The Labute approximate surface area is 151 Å². The quantitative estimate of drug-likeness (QED) is 0.439. The lowest BCUT2D eigenvalue weighted by molar-refractivity contribution is 0.614. The summed E-state index contributed by atoms with van der Waals surface area (Å²) in [6.07, 6.45) is 5.20. The van der Waals surface area contributed by atoms with Crippen LogP contribution in [0, 0.1) is 0 Å². The average Bonchev–Trinajstić information content (AvgIpc) is 2.98. The monoisotopic (exact) mass is 416 g/mol. The minimum atomic E-state index is 0. The van der Waals surface area contributed by atoms with Crippen LogP contribution in [0.15, 0.2) is 29.3 Å². The Morgan fingerprint density at radius 2 is 2.00 bits per heavy atom. The standard InChI is InChI=1S/C17H28N4.HI/c1-4-18-17(20-15-9-5-6-10-15)19-13-14-8-7-11-16(12-14)21(2)3;/h7-8,11-12,15H,4-6,9-10,13H2,1-3H3,(H2,18,19,20);1H. The summed E-state index contributed by atoms with van der Waals surface area (Å²) in [7, 11) is 4.13. The van der Waals surface area contributed by atoms with E-state index in [9.17, 15) is 0 Å². The zero-order valence-electron chi connectivity index (χ0n) is 13.9. The van der Waals surface area contributed by atoms with Crippen molar-refractivity contribution >= 4 is 35.6 Å². The summed E-state index contributed by atoms with van der Waals surface area (Å²) >= 11 is 0. The second kappa shape index (κ2) is 9.92. The molecular formula is C17H29IN4. The number of hydrogen-bond donors (Lipinski definition) is 2. The van der Waals surface area contributed by atoms with Gasteiger partial charge in [-0.25, -0.2) is 4.99 Å². The van der Waals surface area contributed by atoms with E-state index in [-0.39, 0.29) is 24.0 Å². The third-order valence-electron chi connectivity index (χ3n) is 3.89. The molecule has 0 unspecified atom stereocenters. The van der Waals surface area contributed by atoms with Gasteiger partial charge in [0, 0.05) is 32.4 Å². The van der Waals surface area contributed by atoms with Gasteiger partial charge >= 0.3 is 0 Å². The maximum absolute atomic E-state index is 4.72. The summed E-state index contributed by atoms with van der Waals surface area (Å²) in [5.74, 6) is 0.944. The fraction of sp³-hybridized carbons (Fsp3) is 0.588. The van der Waals surface area contributed by atoms with Gasteiger partial charge in [-0.05, 0) is 37.5 Å². The molecule has 22 heavy (non-hydrogen) atoms. The summed E-state index contributed by atoms with van der Waals surface area (Å²) in [4.78, 5) is 6.84. The Kier molecular flexibility index (Phi) is 8.60. The second-order valence-corrected chi connectivity index (χ2v) is 5.89. The van der Waals surface area contributed by atoms with Gasteiger partial charge in [0.15, 0.2) is 5.96 Å². The van der Waals surface area contributed by atoms with Crippen molar-refractivity contribution < 1.29 is 0 Å². The maximum atomic E-state index is 4.72. The Morgan fingerprint density at radius 3 is 2.64 bits per heavy atom. The Hall–Kier alpha value is -0.980. The van der Waals surface area contributed by atoms with Crippen molar-refractivity contribution in [3.63, 3.8) is 0 Å². The first-order valence-electron chi connectivity index (χ1n) is 8.00. The van der Waals surface area contributed by atoms with E-state index in [1.165, 1.54) is 36.9 Å². The minimum Gasteiger partial charge on any atom is -0.378 e. The van der Waals surface area contributed by atoms with Crippen molar-refractivity contribution in [2.24, 2.45) is 4.99 Å². The fourth-order valence-corrected chi connectivity index (χ4v) is 2.69. The van der Waals surface area contributed by atoms with Gasteiger partial charge in [0.1, 0.15) is 0 Å². The third kappa shape index (κ3) is 6.02. The van der Waals surface area contributed by atoms with E-state index in [1.807, 2.05) is 0 Å². The van der Waals surface area contributed by atoms with Crippen LogP contribution in [-0.4, -0.2) is 32.6 Å². The number of hydrogen-bond acceptors (Lipinski definition) is 2. The molecular weight excluding hydrogens is 387 g/mol. The first-order chi connectivity index (χ1) is 10.2. The molecule has 0 atom stereocenters. The predicted octanol–water partition coefficient (Wildman–Crippen LogP) is 3.37. The van der Waals surface area contributed by atoms with Crippen LogP contribution < -0.4 is 15.5 Å². The molecule has 1 saturated carbocycles. The van der Waals surface area contributed by atoms with Crippen LogP contribution in [0.5, 0.6) is 0 Å². The lowest BCUT2D eigenvalue weighted by Gasteiger charge is -2.17. The molecule has 1 aliphatic carbocycles. The highest BCUT2D eigenvalue weighted by Gasteiger charge is 2.15. The molecule has 2 N–H and O–H groups in total. The molecule has 2 rings (SSSR count). The highest BCUT2D eigenvalue weighted by atomic mass is 127. The molecule has 0 spiro atoms. The largest absolute Gasteiger partial charge is 0.378 e. The predicted molar refractivity (Wildman–Crippen MR) is 106 cm³/mol. The molecule has 5 heteroatoms. The normalized spacial score (nSPS) is 15.3.